The third kappa shape index (κ3) is 1.78. The summed E-state index contributed by atoms with van der Waals surface area (Å²) in [4.78, 5) is 0. The first kappa shape index (κ1) is 9.09. The second-order valence-electron chi connectivity index (χ2n) is 2.55. The summed E-state index contributed by atoms with van der Waals surface area (Å²) < 4.78 is 25.5. The van der Waals surface area contributed by atoms with E-state index in [1.165, 1.54) is 6.07 Å². The van der Waals surface area contributed by atoms with Crippen LogP contribution >= 0.6 is 0 Å². The largest absolute Gasteiger partial charge is 0.316 e. The maximum Gasteiger partial charge on any atom is 0.163 e. The first-order valence-corrected chi connectivity index (χ1v) is 3.46. The van der Waals surface area contributed by atoms with E-state index in [1.807, 2.05) is 0 Å². The van der Waals surface area contributed by atoms with Crippen LogP contribution in [0.2, 0.25) is 0 Å². The Labute approximate surface area is 68.8 Å². The monoisotopic (exact) mass is 173 g/mol. The molecule has 12 heavy (non-hydrogen) atoms. The topological polar surface area (TPSA) is 32.3 Å². The van der Waals surface area contributed by atoms with Gasteiger partial charge in [-0.1, -0.05) is 6.07 Å². The first-order valence-electron chi connectivity index (χ1n) is 3.46. The van der Waals surface area contributed by atoms with Gasteiger partial charge in [-0.25, -0.2) is 14.3 Å². The molecule has 0 aromatic heterocycles. The predicted molar refractivity (Wildman–Crippen MR) is 39.7 cm³/mol. The fourth-order valence-corrected chi connectivity index (χ4v) is 1.01. The van der Waals surface area contributed by atoms with Crippen LogP contribution in [0.25, 0.3) is 0 Å². The van der Waals surface area contributed by atoms with Gasteiger partial charge in [-0.15, -0.1) is 0 Å². The van der Waals surface area contributed by atoms with Crippen LogP contribution in [0.3, 0.4) is 0 Å². The van der Waals surface area contributed by atoms with Gasteiger partial charge in [-0.3, -0.25) is 0 Å². The smallest absolute Gasteiger partial charge is 0.163 e. The average Bonchev–Trinajstić information content (AvgIpc) is 2.00. The molecule has 0 aliphatic heterocycles. The SMILES string of the molecule is Cc1cc(F)c(F)c(CNO)c1. The Balaban J connectivity index is 3.09. The fourth-order valence-electron chi connectivity index (χ4n) is 1.01. The van der Waals surface area contributed by atoms with Gasteiger partial charge in [0.05, 0.1) is 0 Å². The van der Waals surface area contributed by atoms with Gasteiger partial charge in [0.15, 0.2) is 11.6 Å². The number of aryl methyl sites for hydroxylation is 1. The number of benzene rings is 1. The molecule has 1 aromatic rings. The molecule has 0 bridgehead atoms. The highest BCUT2D eigenvalue weighted by Crippen LogP contribution is 2.13. The lowest BCUT2D eigenvalue weighted by molar-refractivity contribution is 0.159. The molecule has 1 aromatic carbocycles. The van der Waals surface area contributed by atoms with Crippen molar-refractivity contribution in [3.63, 3.8) is 0 Å². The van der Waals surface area contributed by atoms with Gasteiger partial charge in [-0.2, -0.15) is 0 Å². The molecule has 0 unspecified atom stereocenters. The molecule has 0 aliphatic rings. The van der Waals surface area contributed by atoms with E-state index in [0.29, 0.717) is 5.56 Å². The average molecular weight is 173 g/mol. The number of rotatable bonds is 2. The van der Waals surface area contributed by atoms with E-state index in [0.717, 1.165) is 6.07 Å². The summed E-state index contributed by atoms with van der Waals surface area (Å²) in [6, 6.07) is 2.58. The van der Waals surface area contributed by atoms with Crippen molar-refractivity contribution in [3.05, 3.63) is 34.9 Å². The highest BCUT2D eigenvalue weighted by molar-refractivity contribution is 5.25. The normalized spacial score (nSPS) is 10.3. The zero-order valence-electron chi connectivity index (χ0n) is 6.56. The van der Waals surface area contributed by atoms with Crippen LogP contribution < -0.4 is 5.48 Å². The van der Waals surface area contributed by atoms with Gasteiger partial charge in [0.2, 0.25) is 0 Å². The van der Waals surface area contributed by atoms with Gasteiger partial charge >= 0.3 is 0 Å². The number of hydrogen-bond acceptors (Lipinski definition) is 2. The zero-order valence-corrected chi connectivity index (χ0v) is 6.56. The van der Waals surface area contributed by atoms with Crippen LogP contribution in [-0.4, -0.2) is 5.21 Å². The third-order valence-electron chi connectivity index (χ3n) is 1.52. The first-order chi connectivity index (χ1) is 5.65. The molecular weight excluding hydrogens is 164 g/mol. The number of nitrogens with one attached hydrogen (secondary N) is 1. The molecule has 0 saturated heterocycles. The zero-order chi connectivity index (χ0) is 9.14. The summed E-state index contributed by atoms with van der Waals surface area (Å²) in [5.41, 5.74) is 2.52. The van der Waals surface area contributed by atoms with Crippen molar-refractivity contribution in [2.75, 3.05) is 0 Å². The fraction of sp³-hybridized carbons (Fsp3) is 0.250. The van der Waals surface area contributed by atoms with E-state index >= 15 is 0 Å². The molecule has 0 fully saturated rings. The minimum atomic E-state index is -0.915. The van der Waals surface area contributed by atoms with Gasteiger partial charge in [0.25, 0.3) is 0 Å². The van der Waals surface area contributed by atoms with Gasteiger partial charge in [0.1, 0.15) is 0 Å². The molecule has 0 amide bonds. The summed E-state index contributed by atoms with van der Waals surface area (Å²) in [5.74, 6) is -1.80. The van der Waals surface area contributed by atoms with E-state index < -0.39 is 11.6 Å². The van der Waals surface area contributed by atoms with Crippen LogP contribution in [0, 0.1) is 18.6 Å². The lowest BCUT2D eigenvalue weighted by Gasteiger charge is -2.03. The van der Waals surface area contributed by atoms with Crippen LogP contribution in [0.15, 0.2) is 12.1 Å². The highest BCUT2D eigenvalue weighted by Gasteiger charge is 2.08. The summed E-state index contributed by atoms with van der Waals surface area (Å²) in [6.45, 7) is 1.56. The molecule has 0 aliphatic carbocycles. The van der Waals surface area contributed by atoms with Crippen molar-refractivity contribution in [2.45, 2.75) is 13.5 Å². The summed E-state index contributed by atoms with van der Waals surface area (Å²) in [5, 5.41) is 8.29. The molecule has 0 radical (unpaired) electrons. The Kier molecular flexibility index (Phi) is 2.73. The van der Waals surface area contributed by atoms with Crippen LogP contribution in [-0.2, 0) is 6.54 Å². The molecule has 4 heteroatoms. The maximum atomic E-state index is 12.8. The molecule has 0 saturated carbocycles. The molecule has 2 nitrogen and oxygen atoms in total. The minimum absolute atomic E-state index is 0.0928. The Morgan fingerprint density at radius 2 is 2.08 bits per heavy atom. The van der Waals surface area contributed by atoms with Crippen molar-refractivity contribution in [2.24, 2.45) is 0 Å². The molecule has 1 rings (SSSR count). The van der Waals surface area contributed by atoms with Gasteiger partial charge in [0, 0.05) is 12.1 Å². The second-order valence-corrected chi connectivity index (χ2v) is 2.55. The van der Waals surface area contributed by atoms with Gasteiger partial charge in [-0.05, 0) is 18.6 Å². The van der Waals surface area contributed by atoms with E-state index in [9.17, 15) is 8.78 Å². The predicted octanol–water partition coefficient (Wildman–Crippen LogP) is 1.75. The maximum absolute atomic E-state index is 12.8. The van der Waals surface area contributed by atoms with Crippen molar-refractivity contribution in [1.82, 2.24) is 5.48 Å². The van der Waals surface area contributed by atoms with Crippen molar-refractivity contribution < 1.29 is 14.0 Å². The van der Waals surface area contributed by atoms with Crippen molar-refractivity contribution in [1.29, 1.82) is 0 Å². The molecule has 0 atom stereocenters. The Morgan fingerprint density at radius 1 is 1.42 bits per heavy atom. The second kappa shape index (κ2) is 3.60. The third-order valence-corrected chi connectivity index (χ3v) is 1.52. The molecular formula is C8H9F2NO. The van der Waals surface area contributed by atoms with Crippen LogP contribution in [0.5, 0.6) is 0 Å². The Morgan fingerprint density at radius 3 is 2.67 bits per heavy atom. The molecule has 66 valence electrons. The lowest BCUT2D eigenvalue weighted by atomic mass is 10.1. The molecule has 0 spiro atoms. The van der Waals surface area contributed by atoms with Crippen molar-refractivity contribution in [3.8, 4) is 0 Å². The number of halogens is 2. The Bertz CT molecular complexity index is 289. The van der Waals surface area contributed by atoms with Crippen LogP contribution in [0.4, 0.5) is 8.78 Å². The number of hydrogen-bond donors (Lipinski definition) is 2. The minimum Gasteiger partial charge on any atom is -0.316 e. The van der Waals surface area contributed by atoms with E-state index in [4.69, 9.17) is 5.21 Å². The van der Waals surface area contributed by atoms with E-state index in [-0.39, 0.29) is 12.1 Å². The summed E-state index contributed by atoms with van der Waals surface area (Å²) >= 11 is 0. The number of hydroxylamine groups is 1. The van der Waals surface area contributed by atoms with Crippen LogP contribution in [0.1, 0.15) is 11.1 Å². The summed E-state index contributed by atoms with van der Waals surface area (Å²) in [6.07, 6.45) is 0. The van der Waals surface area contributed by atoms with Gasteiger partial charge < -0.3 is 5.21 Å². The molecule has 0 heterocycles. The Hall–Kier alpha value is -1.00. The lowest BCUT2D eigenvalue weighted by Crippen LogP contribution is -2.09. The highest BCUT2D eigenvalue weighted by atomic mass is 19.2. The van der Waals surface area contributed by atoms with Crippen molar-refractivity contribution >= 4 is 0 Å². The molecule has 2 N–H and O–H groups in total. The summed E-state index contributed by atoms with van der Waals surface area (Å²) in [7, 11) is 0. The quantitative estimate of drug-likeness (QED) is 0.668. The standard InChI is InChI=1S/C8H9F2NO/c1-5-2-6(4-11-12)8(10)7(9)3-5/h2-3,11-12H,4H2,1H3. The van der Waals surface area contributed by atoms with E-state index in [2.05, 4.69) is 0 Å². The van der Waals surface area contributed by atoms with E-state index in [1.54, 1.807) is 12.4 Å².